The SMILES string of the molecule is C1CCOC1.CCCC[C@@H](COc1nnc(-c2ccc(C(C)(C)C)cc2)o1)Nc1ccc(C(=O)CCCC(=O)O)cc1.CCCC[C@@H](COc1nnc(-c2ccc(C(C)(C)C)cc2)o1)Nc1ccc(C(=O)CCCC(=O)OCC)cc1.[Li+].[OH-]. The molecule has 83 heavy (non-hydrogen) atoms. The first-order valence-corrected chi connectivity index (χ1v) is 28.7. The largest absolute Gasteiger partial charge is 1.00 e. The minimum Gasteiger partial charge on any atom is -0.870 e. The Morgan fingerprint density at radius 1 is 0.554 bits per heavy atom. The number of nitrogens with zero attached hydrogens (tertiary/aromatic N) is 4. The van der Waals surface area contributed by atoms with Gasteiger partial charge in [-0.25, -0.2) is 0 Å². The molecule has 0 amide bonds. The van der Waals surface area contributed by atoms with Gasteiger partial charge in [0.15, 0.2) is 11.6 Å². The van der Waals surface area contributed by atoms with E-state index in [1.807, 2.05) is 60.7 Å². The topological polar surface area (TPSA) is 257 Å². The summed E-state index contributed by atoms with van der Waals surface area (Å²) in [5.74, 6) is -0.366. The molecule has 0 spiro atoms. The van der Waals surface area contributed by atoms with Gasteiger partial charge in [0.1, 0.15) is 13.2 Å². The summed E-state index contributed by atoms with van der Waals surface area (Å²) in [5.41, 5.74) is 7.26. The molecule has 2 aromatic heterocycles. The van der Waals surface area contributed by atoms with E-state index in [0.717, 1.165) is 74.2 Å². The van der Waals surface area contributed by atoms with Crippen molar-refractivity contribution in [2.24, 2.45) is 0 Å². The molecule has 1 saturated heterocycles. The normalized spacial score (nSPS) is 12.6. The Bertz CT molecular complexity index is 2800. The molecule has 0 unspecified atom stereocenters. The van der Waals surface area contributed by atoms with Gasteiger partial charge in [-0.05, 0) is 140 Å². The number of ketones is 2. The molecule has 18 nitrogen and oxygen atoms in total. The number of nitrogens with one attached hydrogen (secondary N) is 2. The van der Waals surface area contributed by atoms with Crippen LogP contribution in [0.15, 0.2) is 106 Å². The molecule has 6 aromatic rings. The van der Waals surface area contributed by atoms with E-state index in [-0.39, 0.29) is 96.2 Å². The Kier molecular flexibility index (Phi) is 31.1. The van der Waals surface area contributed by atoms with E-state index in [2.05, 4.69) is 111 Å². The minimum atomic E-state index is -0.890. The molecule has 1 aliphatic rings. The van der Waals surface area contributed by atoms with Crippen LogP contribution in [-0.4, -0.2) is 99.6 Å². The molecule has 7 rings (SSSR count). The average molecular weight is 1140 g/mol. The van der Waals surface area contributed by atoms with Crippen molar-refractivity contribution in [3.05, 3.63) is 119 Å². The van der Waals surface area contributed by atoms with Gasteiger partial charge in [0.2, 0.25) is 0 Å². The zero-order valence-corrected chi connectivity index (χ0v) is 50.6. The minimum absolute atomic E-state index is 0. The Morgan fingerprint density at radius 2 is 0.952 bits per heavy atom. The Hall–Kier alpha value is -6.84. The van der Waals surface area contributed by atoms with Crippen molar-refractivity contribution in [1.29, 1.82) is 0 Å². The summed E-state index contributed by atoms with van der Waals surface area (Å²) in [4.78, 5) is 46.9. The van der Waals surface area contributed by atoms with Gasteiger partial charge in [0, 0.05) is 72.5 Å². The summed E-state index contributed by atoms with van der Waals surface area (Å²) in [6.07, 6.45) is 10.4. The van der Waals surface area contributed by atoms with Crippen LogP contribution in [-0.2, 0) is 29.9 Å². The van der Waals surface area contributed by atoms with Gasteiger partial charge in [0.05, 0.1) is 18.7 Å². The molecule has 2 atom stereocenters. The van der Waals surface area contributed by atoms with Crippen molar-refractivity contribution in [2.45, 2.75) is 175 Å². The van der Waals surface area contributed by atoms with E-state index in [1.54, 1.807) is 19.1 Å². The first kappa shape index (κ1) is 70.4. The van der Waals surface area contributed by atoms with Gasteiger partial charge in [-0.3, -0.25) is 19.2 Å². The first-order valence-electron chi connectivity index (χ1n) is 28.7. The Balaban J connectivity index is 0.000000392. The number of carboxylic acids is 1. The van der Waals surface area contributed by atoms with Crippen molar-refractivity contribution in [2.75, 3.05) is 43.7 Å². The van der Waals surface area contributed by atoms with Crippen molar-refractivity contribution in [3.63, 3.8) is 0 Å². The fraction of sp³-hybridized carbons (Fsp3) is 0.500. The molecule has 1 aliphatic heterocycles. The number of carbonyl (C=O) groups is 4. The van der Waals surface area contributed by atoms with E-state index in [0.29, 0.717) is 62.0 Å². The molecule has 0 aliphatic carbocycles. The fourth-order valence-corrected chi connectivity index (χ4v) is 8.44. The van der Waals surface area contributed by atoms with Crippen LogP contribution in [0.5, 0.6) is 12.2 Å². The standard InChI is InChI=1S/C31H41N3O5.C29H37N3O5.C4H8O.Li.H2O/c1-6-8-10-26(32-25-19-15-22(16-20-25)27(35)11-9-12-28(36)37-7-2)21-38-30-34-33-29(39-30)23-13-17-24(18-14-23)31(3,4)5;1-5-6-8-24(30-23-17-13-20(14-18-23)25(33)9-7-10-26(34)35)19-36-28-32-31-27(37-28)21-11-15-22(16-12-21)29(2,3)4;1-2-4-5-3-1;;/h13-20,26,32H,6-12,21H2,1-5H3;11-18,24,30H,5-10,19H2,1-4H3,(H,34,35);1-4H2;;1H2/q;;;+1;/p-1/t26-;24-;;;/m00.../s1. The molecule has 1 fully saturated rings. The predicted molar refractivity (Wildman–Crippen MR) is 317 cm³/mol. The van der Waals surface area contributed by atoms with Crippen LogP contribution in [0.4, 0.5) is 11.4 Å². The van der Waals surface area contributed by atoms with Gasteiger partial charge in [0.25, 0.3) is 11.8 Å². The number of hydrogen-bond acceptors (Lipinski definition) is 17. The summed E-state index contributed by atoms with van der Waals surface area (Å²) < 4.78 is 33.1. The third kappa shape index (κ3) is 25.7. The molecular formula is C64H87LiN6O12. The quantitative estimate of drug-likeness (QED) is 0.0224. The van der Waals surface area contributed by atoms with E-state index >= 15 is 0 Å². The number of hydrogen-bond donors (Lipinski definition) is 3. The van der Waals surface area contributed by atoms with Gasteiger partial charge < -0.3 is 49.0 Å². The van der Waals surface area contributed by atoms with Gasteiger partial charge in [-0.15, -0.1) is 10.2 Å². The van der Waals surface area contributed by atoms with Gasteiger partial charge in [-0.1, -0.05) is 116 Å². The second-order valence-electron chi connectivity index (χ2n) is 22.2. The summed E-state index contributed by atoms with van der Waals surface area (Å²) in [6, 6.07) is 30.9. The van der Waals surface area contributed by atoms with Crippen molar-refractivity contribution in [1.82, 2.24) is 20.4 Å². The van der Waals surface area contributed by atoms with Crippen LogP contribution in [0.25, 0.3) is 22.9 Å². The van der Waals surface area contributed by atoms with Gasteiger partial charge >= 0.3 is 43.0 Å². The number of carboxylic acid groups (broad SMARTS) is 1. The van der Waals surface area contributed by atoms with Crippen LogP contribution < -0.4 is 39.0 Å². The number of ether oxygens (including phenoxy) is 4. The zero-order valence-electron chi connectivity index (χ0n) is 50.6. The van der Waals surface area contributed by atoms with Crippen molar-refractivity contribution >= 4 is 34.9 Å². The third-order valence-corrected chi connectivity index (χ3v) is 13.3. The molecule has 4 aromatic carbocycles. The number of rotatable bonds is 29. The number of unbranched alkanes of at least 4 members (excludes halogenated alkanes) is 2. The Labute approximate surface area is 502 Å². The van der Waals surface area contributed by atoms with Crippen LogP contribution >= 0.6 is 0 Å². The second kappa shape index (κ2) is 36.7. The first-order chi connectivity index (χ1) is 38.8. The number of carbonyl (C=O) groups excluding carboxylic acids is 3. The molecule has 4 N–H and O–H groups in total. The molecule has 19 heteroatoms. The zero-order chi connectivity index (χ0) is 58.6. The smallest absolute Gasteiger partial charge is 0.870 e. The number of aliphatic carboxylic acids is 1. The van der Waals surface area contributed by atoms with Crippen LogP contribution in [0, 0.1) is 0 Å². The van der Waals surface area contributed by atoms with Gasteiger partial charge in [-0.2, -0.15) is 0 Å². The second-order valence-corrected chi connectivity index (χ2v) is 22.2. The number of aromatic nitrogens is 4. The van der Waals surface area contributed by atoms with E-state index in [9.17, 15) is 19.2 Å². The van der Waals surface area contributed by atoms with Crippen LogP contribution in [0.2, 0.25) is 0 Å². The summed E-state index contributed by atoms with van der Waals surface area (Å²) in [6.45, 7) is 22.2. The number of Topliss-reactive ketones (excluding diaryl/α,β-unsaturated/α-hetero) is 2. The molecule has 0 saturated carbocycles. The van der Waals surface area contributed by atoms with Crippen LogP contribution in [0.3, 0.4) is 0 Å². The van der Waals surface area contributed by atoms with Crippen molar-refractivity contribution < 1.29 is 76.4 Å². The number of benzene rings is 4. The molecule has 0 radical (unpaired) electrons. The van der Waals surface area contributed by atoms with Crippen molar-refractivity contribution in [3.8, 4) is 35.1 Å². The summed E-state index contributed by atoms with van der Waals surface area (Å²) in [7, 11) is 0. The molecule has 0 bridgehead atoms. The monoisotopic (exact) mass is 1140 g/mol. The average Bonchev–Trinajstić information content (AvgIpc) is 4.31. The Morgan fingerprint density at radius 3 is 1.29 bits per heavy atom. The number of anilines is 2. The molecular weight excluding hydrogens is 1050 g/mol. The van der Waals surface area contributed by atoms with Crippen LogP contribution in [0.1, 0.15) is 184 Å². The van der Waals surface area contributed by atoms with E-state index in [4.69, 9.17) is 32.9 Å². The van der Waals surface area contributed by atoms with E-state index < -0.39 is 5.97 Å². The molecule has 446 valence electrons. The number of esters is 1. The summed E-state index contributed by atoms with van der Waals surface area (Å²) in [5, 5.41) is 32.1. The summed E-state index contributed by atoms with van der Waals surface area (Å²) >= 11 is 0. The fourth-order valence-electron chi connectivity index (χ4n) is 8.44. The van der Waals surface area contributed by atoms with E-state index in [1.165, 1.54) is 24.0 Å². The maximum Gasteiger partial charge on any atom is 1.00 e. The maximum atomic E-state index is 12.5. The predicted octanol–water partition coefficient (Wildman–Crippen LogP) is 11.1. The third-order valence-electron chi connectivity index (χ3n) is 13.3. The maximum absolute atomic E-state index is 12.5. The molecule has 3 heterocycles.